The number of hydrogen-bond acceptors (Lipinski definition) is 6. The second-order valence-corrected chi connectivity index (χ2v) is 10.2. The second kappa shape index (κ2) is 10.7. The Balaban J connectivity index is 1.29. The van der Waals surface area contributed by atoms with E-state index < -0.39 is 10.0 Å². The number of amides is 1. The fourth-order valence-corrected chi connectivity index (χ4v) is 5.39. The first-order valence-corrected chi connectivity index (χ1v) is 12.8. The molecule has 2 heterocycles. The molecule has 2 aliphatic rings. The fourth-order valence-electron chi connectivity index (χ4n) is 3.70. The highest BCUT2D eigenvalue weighted by Crippen LogP contribution is 2.38. The van der Waals surface area contributed by atoms with Gasteiger partial charge in [-0.3, -0.25) is 4.79 Å². The van der Waals surface area contributed by atoms with Crippen molar-refractivity contribution in [1.29, 1.82) is 0 Å². The van der Waals surface area contributed by atoms with Crippen LogP contribution in [0.15, 0.2) is 41.3 Å². The number of hydrogen-bond donors (Lipinski definition) is 1. The number of carbonyl (C=O) groups excluding carboxylic acids is 1. The number of benzene rings is 2. The first-order chi connectivity index (χ1) is 15.9. The molecule has 2 aromatic carbocycles. The van der Waals surface area contributed by atoms with E-state index in [4.69, 9.17) is 25.8 Å². The molecule has 178 valence electrons. The van der Waals surface area contributed by atoms with Crippen molar-refractivity contribution in [2.75, 3.05) is 39.5 Å². The van der Waals surface area contributed by atoms with E-state index in [1.165, 1.54) is 4.31 Å². The summed E-state index contributed by atoms with van der Waals surface area (Å²) < 4.78 is 43.4. The Labute approximate surface area is 198 Å². The van der Waals surface area contributed by atoms with Crippen LogP contribution >= 0.6 is 11.6 Å². The first kappa shape index (κ1) is 23.8. The van der Waals surface area contributed by atoms with Crippen molar-refractivity contribution >= 4 is 27.5 Å². The standard InChI is InChI=1S/C23H27ClN2O6S/c24-20-14-18(15-21-23(20)32-11-1-10-31-21)16-25-22(27)7-4-17-2-5-19(6-3-17)33(28,29)26-8-12-30-13-9-26/h2-3,5-6,14-15H,1,4,7-13,16H2,(H,25,27). The lowest BCUT2D eigenvalue weighted by Gasteiger charge is -2.26. The maximum absolute atomic E-state index is 12.7. The van der Waals surface area contributed by atoms with Crippen LogP contribution in [0.4, 0.5) is 0 Å². The number of nitrogens with one attached hydrogen (secondary N) is 1. The van der Waals surface area contributed by atoms with Gasteiger partial charge in [-0.15, -0.1) is 0 Å². The van der Waals surface area contributed by atoms with Crippen LogP contribution in [-0.4, -0.2) is 58.1 Å². The van der Waals surface area contributed by atoms with Crippen LogP contribution in [0.5, 0.6) is 11.5 Å². The van der Waals surface area contributed by atoms with Gasteiger partial charge >= 0.3 is 0 Å². The molecule has 4 rings (SSSR count). The highest BCUT2D eigenvalue weighted by atomic mass is 35.5. The maximum Gasteiger partial charge on any atom is 0.243 e. The summed E-state index contributed by atoms with van der Waals surface area (Å²) in [6, 6.07) is 10.3. The summed E-state index contributed by atoms with van der Waals surface area (Å²) in [5, 5.41) is 3.35. The van der Waals surface area contributed by atoms with Crippen molar-refractivity contribution in [1.82, 2.24) is 9.62 Å². The van der Waals surface area contributed by atoms with Crippen molar-refractivity contribution in [3.8, 4) is 11.5 Å². The fraction of sp³-hybridized carbons (Fsp3) is 0.435. The molecule has 0 bridgehead atoms. The average molecular weight is 495 g/mol. The minimum absolute atomic E-state index is 0.108. The third kappa shape index (κ3) is 5.97. The monoisotopic (exact) mass is 494 g/mol. The molecule has 0 radical (unpaired) electrons. The van der Waals surface area contributed by atoms with Gasteiger partial charge in [-0.2, -0.15) is 4.31 Å². The summed E-state index contributed by atoms with van der Waals surface area (Å²) >= 11 is 6.30. The van der Waals surface area contributed by atoms with Gasteiger partial charge in [-0.25, -0.2) is 8.42 Å². The Morgan fingerprint density at radius 2 is 1.73 bits per heavy atom. The number of rotatable bonds is 7. The lowest BCUT2D eigenvalue weighted by Crippen LogP contribution is -2.40. The quantitative estimate of drug-likeness (QED) is 0.636. The molecule has 10 heteroatoms. The lowest BCUT2D eigenvalue weighted by atomic mass is 10.1. The van der Waals surface area contributed by atoms with E-state index in [1.54, 1.807) is 30.3 Å². The normalized spacial score (nSPS) is 16.8. The van der Waals surface area contributed by atoms with Crippen molar-refractivity contribution in [2.24, 2.45) is 0 Å². The van der Waals surface area contributed by atoms with Gasteiger partial charge in [-0.05, 0) is 41.8 Å². The number of aryl methyl sites for hydroxylation is 1. The molecule has 8 nitrogen and oxygen atoms in total. The van der Waals surface area contributed by atoms with Crippen LogP contribution in [0.3, 0.4) is 0 Å². The highest BCUT2D eigenvalue weighted by Gasteiger charge is 2.26. The van der Waals surface area contributed by atoms with Gasteiger partial charge in [0.1, 0.15) is 0 Å². The Morgan fingerprint density at radius 3 is 2.48 bits per heavy atom. The van der Waals surface area contributed by atoms with Crippen molar-refractivity contribution < 1.29 is 27.4 Å². The van der Waals surface area contributed by atoms with E-state index in [0.29, 0.717) is 69.0 Å². The van der Waals surface area contributed by atoms with Crippen LogP contribution in [0.25, 0.3) is 0 Å². The number of fused-ring (bicyclic) bond motifs is 1. The Bertz CT molecular complexity index is 1080. The van der Waals surface area contributed by atoms with Crippen LogP contribution in [-0.2, 0) is 32.5 Å². The molecule has 0 spiro atoms. The van der Waals surface area contributed by atoms with E-state index in [0.717, 1.165) is 17.5 Å². The molecule has 2 aliphatic heterocycles. The molecule has 1 N–H and O–H groups in total. The molecule has 0 aromatic heterocycles. The van der Waals surface area contributed by atoms with E-state index in [2.05, 4.69) is 5.32 Å². The minimum atomic E-state index is -3.52. The zero-order valence-corrected chi connectivity index (χ0v) is 19.8. The summed E-state index contributed by atoms with van der Waals surface area (Å²) in [7, 11) is -3.52. The number of sulfonamides is 1. The molecule has 1 amide bonds. The summed E-state index contributed by atoms with van der Waals surface area (Å²) in [4.78, 5) is 12.6. The first-order valence-electron chi connectivity index (χ1n) is 10.9. The summed E-state index contributed by atoms with van der Waals surface area (Å²) in [6.07, 6.45) is 1.58. The molecule has 33 heavy (non-hydrogen) atoms. The predicted molar refractivity (Wildman–Crippen MR) is 123 cm³/mol. The third-order valence-corrected chi connectivity index (χ3v) is 7.72. The van der Waals surface area contributed by atoms with Crippen molar-refractivity contribution in [3.63, 3.8) is 0 Å². The molecule has 0 saturated carbocycles. The van der Waals surface area contributed by atoms with E-state index in [1.807, 2.05) is 6.07 Å². The molecular weight excluding hydrogens is 468 g/mol. The number of nitrogens with zero attached hydrogens (tertiary/aromatic N) is 1. The van der Waals surface area contributed by atoms with Crippen LogP contribution < -0.4 is 14.8 Å². The molecule has 1 saturated heterocycles. The number of ether oxygens (including phenoxy) is 3. The van der Waals surface area contributed by atoms with Gasteiger partial charge in [0.2, 0.25) is 15.9 Å². The Hall–Kier alpha value is -2.33. The Kier molecular flexibility index (Phi) is 7.75. The summed E-state index contributed by atoms with van der Waals surface area (Å²) in [5.41, 5.74) is 1.72. The molecule has 0 unspecified atom stereocenters. The van der Waals surface area contributed by atoms with Gasteiger partial charge in [0.15, 0.2) is 11.5 Å². The summed E-state index contributed by atoms with van der Waals surface area (Å²) in [5.74, 6) is 1.03. The zero-order valence-electron chi connectivity index (χ0n) is 18.2. The SMILES string of the molecule is O=C(CCc1ccc(S(=O)(=O)N2CCOCC2)cc1)NCc1cc(Cl)c2c(c1)OCCCO2. The third-order valence-electron chi connectivity index (χ3n) is 5.52. The van der Waals surface area contributed by atoms with Gasteiger partial charge < -0.3 is 19.5 Å². The maximum atomic E-state index is 12.7. The van der Waals surface area contributed by atoms with E-state index in [-0.39, 0.29) is 17.2 Å². The molecule has 2 aromatic rings. The van der Waals surface area contributed by atoms with Gasteiger partial charge in [0, 0.05) is 32.5 Å². The lowest BCUT2D eigenvalue weighted by molar-refractivity contribution is -0.121. The van der Waals surface area contributed by atoms with Gasteiger partial charge in [0.25, 0.3) is 0 Å². The van der Waals surface area contributed by atoms with Gasteiger partial charge in [0.05, 0.1) is 36.3 Å². The van der Waals surface area contributed by atoms with Crippen LogP contribution in [0, 0.1) is 0 Å². The van der Waals surface area contributed by atoms with Crippen LogP contribution in [0.2, 0.25) is 5.02 Å². The smallest absolute Gasteiger partial charge is 0.243 e. The van der Waals surface area contributed by atoms with Crippen LogP contribution in [0.1, 0.15) is 24.0 Å². The van der Waals surface area contributed by atoms with Gasteiger partial charge in [-0.1, -0.05) is 23.7 Å². The second-order valence-electron chi connectivity index (χ2n) is 7.89. The topological polar surface area (TPSA) is 94.2 Å². The van der Waals surface area contributed by atoms with Crippen molar-refractivity contribution in [3.05, 3.63) is 52.5 Å². The molecule has 1 fully saturated rings. The number of carbonyl (C=O) groups is 1. The largest absolute Gasteiger partial charge is 0.489 e. The predicted octanol–water partition coefficient (Wildman–Crippen LogP) is 2.77. The summed E-state index contributed by atoms with van der Waals surface area (Å²) in [6.45, 7) is 2.98. The molecule has 0 atom stereocenters. The van der Waals surface area contributed by atoms with Crippen molar-refractivity contribution in [2.45, 2.75) is 30.7 Å². The average Bonchev–Trinajstić information content (AvgIpc) is 3.08. The highest BCUT2D eigenvalue weighted by molar-refractivity contribution is 7.89. The van der Waals surface area contributed by atoms with E-state index >= 15 is 0 Å². The number of halogens is 1. The molecule has 0 aliphatic carbocycles. The zero-order chi connectivity index (χ0) is 23.3. The number of morpholine rings is 1. The van der Waals surface area contributed by atoms with E-state index in [9.17, 15) is 13.2 Å². The minimum Gasteiger partial charge on any atom is -0.489 e. The molecular formula is C23H27ClN2O6S. The Morgan fingerprint density at radius 1 is 1.00 bits per heavy atom.